The first-order valence-corrected chi connectivity index (χ1v) is 8.75. The van der Waals surface area contributed by atoms with Crippen LogP contribution in [0.4, 0.5) is 0 Å². The summed E-state index contributed by atoms with van der Waals surface area (Å²) in [6.45, 7) is 2.04. The van der Waals surface area contributed by atoms with Crippen molar-refractivity contribution >= 4 is 11.0 Å². The summed E-state index contributed by atoms with van der Waals surface area (Å²) in [5.74, 6) is 0.794. The van der Waals surface area contributed by atoms with Gasteiger partial charge >= 0.3 is 0 Å². The third-order valence-corrected chi connectivity index (χ3v) is 4.81. The van der Waals surface area contributed by atoms with E-state index >= 15 is 0 Å². The second-order valence-electron chi connectivity index (χ2n) is 6.65. The number of hydrogen-bond acceptors (Lipinski definition) is 4. The van der Waals surface area contributed by atoms with Gasteiger partial charge in [0.05, 0.1) is 12.8 Å². The Hall–Kier alpha value is -3.34. The summed E-state index contributed by atoms with van der Waals surface area (Å²) in [5, 5.41) is 4.70. The molecule has 0 aliphatic heterocycles. The van der Waals surface area contributed by atoms with Crippen LogP contribution in [0.3, 0.4) is 0 Å². The number of pyridine rings is 1. The van der Waals surface area contributed by atoms with Gasteiger partial charge in [-0.2, -0.15) is 0 Å². The van der Waals surface area contributed by atoms with Gasteiger partial charge in [-0.25, -0.2) is 0 Å². The van der Waals surface area contributed by atoms with Gasteiger partial charge in [0.25, 0.3) is 5.56 Å². The Morgan fingerprint density at radius 2 is 1.78 bits per heavy atom. The quantitative estimate of drug-likeness (QED) is 0.550. The van der Waals surface area contributed by atoms with Gasteiger partial charge in [-0.1, -0.05) is 47.1 Å². The number of hydrogen-bond donors (Lipinski definition) is 0. The highest BCUT2D eigenvalue weighted by Crippen LogP contribution is 2.25. The van der Waals surface area contributed by atoms with Crippen molar-refractivity contribution in [3.63, 3.8) is 0 Å². The molecule has 27 heavy (non-hydrogen) atoms. The molecule has 0 atom stereocenters. The minimum atomic E-state index is -0.104. The zero-order valence-corrected chi connectivity index (χ0v) is 15.5. The Bertz CT molecular complexity index is 1150. The van der Waals surface area contributed by atoms with Gasteiger partial charge in [0, 0.05) is 19.5 Å². The Labute approximate surface area is 156 Å². The van der Waals surface area contributed by atoms with Crippen molar-refractivity contribution < 1.29 is 9.26 Å². The molecule has 2 aromatic carbocycles. The Balaban J connectivity index is 1.77. The molecular formula is C22H20N2O3. The predicted octanol–water partition coefficient (Wildman–Crippen LogP) is 4.10. The van der Waals surface area contributed by atoms with E-state index in [2.05, 4.69) is 5.16 Å². The van der Waals surface area contributed by atoms with Crippen molar-refractivity contribution in [3.05, 3.63) is 81.8 Å². The van der Waals surface area contributed by atoms with Gasteiger partial charge in [0.2, 0.25) is 0 Å². The number of fused-ring (bicyclic) bond motifs is 1. The SMILES string of the molecule is COc1ccc(Cc2noc3cc(-c4ccc(C)cc4)n(C)c(=O)c23)cc1. The van der Waals surface area contributed by atoms with Gasteiger partial charge in [-0.05, 0) is 30.2 Å². The molecule has 0 radical (unpaired) electrons. The van der Waals surface area contributed by atoms with E-state index in [1.54, 1.807) is 18.7 Å². The summed E-state index contributed by atoms with van der Waals surface area (Å²) in [4.78, 5) is 13.0. The fourth-order valence-corrected chi connectivity index (χ4v) is 3.22. The molecule has 0 aliphatic rings. The van der Waals surface area contributed by atoms with E-state index in [1.165, 1.54) is 5.56 Å². The zero-order valence-electron chi connectivity index (χ0n) is 15.5. The molecule has 5 heteroatoms. The lowest BCUT2D eigenvalue weighted by Gasteiger charge is -2.09. The van der Waals surface area contributed by atoms with Crippen molar-refractivity contribution in [2.45, 2.75) is 13.3 Å². The summed E-state index contributed by atoms with van der Waals surface area (Å²) >= 11 is 0. The molecule has 4 rings (SSSR count). The molecule has 136 valence electrons. The summed E-state index contributed by atoms with van der Waals surface area (Å²) in [5.41, 5.74) is 5.04. The maximum Gasteiger partial charge on any atom is 0.263 e. The van der Waals surface area contributed by atoms with Crippen molar-refractivity contribution in [2.24, 2.45) is 7.05 Å². The highest BCUT2D eigenvalue weighted by atomic mass is 16.5. The van der Waals surface area contributed by atoms with E-state index in [0.717, 1.165) is 22.6 Å². The molecule has 0 unspecified atom stereocenters. The summed E-state index contributed by atoms with van der Waals surface area (Å²) in [6, 6.07) is 17.7. The first-order chi connectivity index (χ1) is 13.1. The minimum absolute atomic E-state index is 0.104. The molecule has 4 aromatic rings. The summed E-state index contributed by atoms with van der Waals surface area (Å²) in [6.07, 6.45) is 0.524. The third kappa shape index (κ3) is 3.12. The maximum atomic E-state index is 13.0. The molecule has 0 spiro atoms. The molecule has 0 fully saturated rings. The topological polar surface area (TPSA) is 57.3 Å². The number of methoxy groups -OCH3 is 1. The van der Waals surface area contributed by atoms with E-state index in [-0.39, 0.29) is 5.56 Å². The van der Waals surface area contributed by atoms with Crippen molar-refractivity contribution in [1.29, 1.82) is 0 Å². The van der Waals surface area contributed by atoms with Crippen molar-refractivity contribution in [1.82, 2.24) is 9.72 Å². The van der Waals surface area contributed by atoms with E-state index in [1.807, 2.05) is 61.5 Å². The largest absolute Gasteiger partial charge is 0.497 e. The fourth-order valence-electron chi connectivity index (χ4n) is 3.22. The predicted molar refractivity (Wildman–Crippen MR) is 105 cm³/mol. The lowest BCUT2D eigenvalue weighted by atomic mass is 10.1. The summed E-state index contributed by atoms with van der Waals surface area (Å²) in [7, 11) is 3.41. The normalized spacial score (nSPS) is 11.1. The van der Waals surface area contributed by atoms with Crippen LogP contribution in [0.2, 0.25) is 0 Å². The van der Waals surface area contributed by atoms with Gasteiger partial charge < -0.3 is 13.8 Å². The van der Waals surface area contributed by atoms with Gasteiger partial charge in [0.1, 0.15) is 16.8 Å². The number of nitrogens with zero attached hydrogens (tertiary/aromatic N) is 2. The van der Waals surface area contributed by atoms with Crippen LogP contribution >= 0.6 is 0 Å². The third-order valence-electron chi connectivity index (χ3n) is 4.81. The Morgan fingerprint density at radius 1 is 1.07 bits per heavy atom. The maximum absolute atomic E-state index is 13.0. The molecule has 2 heterocycles. The molecule has 0 bridgehead atoms. The lowest BCUT2D eigenvalue weighted by Crippen LogP contribution is -2.19. The van der Waals surface area contributed by atoms with Crippen molar-refractivity contribution in [3.8, 4) is 17.0 Å². The van der Waals surface area contributed by atoms with E-state index in [4.69, 9.17) is 9.26 Å². The summed E-state index contributed by atoms with van der Waals surface area (Å²) < 4.78 is 12.3. The van der Waals surface area contributed by atoms with Crippen LogP contribution in [0.25, 0.3) is 22.2 Å². The van der Waals surface area contributed by atoms with Crippen LogP contribution in [0.5, 0.6) is 5.75 Å². The molecule has 2 aromatic heterocycles. The standard InChI is InChI=1S/C22H20N2O3/c1-14-4-8-16(9-5-14)19-13-20-21(22(25)24(19)2)18(23-27-20)12-15-6-10-17(26-3)11-7-15/h4-11,13H,12H2,1-3H3. The molecule has 0 aliphatic carbocycles. The monoisotopic (exact) mass is 360 g/mol. The van der Waals surface area contributed by atoms with Crippen LogP contribution in [0.1, 0.15) is 16.8 Å². The highest BCUT2D eigenvalue weighted by Gasteiger charge is 2.17. The molecule has 0 saturated carbocycles. The molecular weight excluding hydrogens is 340 g/mol. The highest BCUT2D eigenvalue weighted by molar-refractivity contribution is 5.82. The fraction of sp³-hybridized carbons (Fsp3) is 0.182. The van der Waals surface area contributed by atoms with Gasteiger partial charge in [-0.3, -0.25) is 4.79 Å². The molecule has 0 saturated heterocycles. The van der Waals surface area contributed by atoms with E-state index in [9.17, 15) is 4.79 Å². The number of aryl methyl sites for hydroxylation is 1. The Kier molecular flexibility index (Phi) is 4.28. The Morgan fingerprint density at radius 3 is 2.44 bits per heavy atom. The number of aromatic nitrogens is 2. The van der Waals surface area contributed by atoms with Gasteiger partial charge in [0.15, 0.2) is 5.58 Å². The molecule has 0 amide bonds. The van der Waals surface area contributed by atoms with Crippen LogP contribution < -0.4 is 10.3 Å². The average Bonchev–Trinajstić information content (AvgIpc) is 3.09. The lowest BCUT2D eigenvalue weighted by molar-refractivity contribution is 0.414. The van der Waals surface area contributed by atoms with Crippen LogP contribution in [-0.2, 0) is 13.5 Å². The number of rotatable bonds is 4. The first kappa shape index (κ1) is 17.1. The second kappa shape index (κ2) is 6.76. The number of ether oxygens (including phenoxy) is 1. The second-order valence-corrected chi connectivity index (χ2v) is 6.65. The van der Waals surface area contributed by atoms with Crippen LogP contribution in [0.15, 0.2) is 63.9 Å². The van der Waals surface area contributed by atoms with E-state index < -0.39 is 0 Å². The zero-order chi connectivity index (χ0) is 19.0. The minimum Gasteiger partial charge on any atom is -0.497 e. The van der Waals surface area contributed by atoms with Gasteiger partial charge in [-0.15, -0.1) is 0 Å². The molecule has 0 N–H and O–H groups in total. The van der Waals surface area contributed by atoms with Crippen LogP contribution in [0, 0.1) is 6.92 Å². The molecule has 5 nitrogen and oxygen atoms in total. The average molecular weight is 360 g/mol. The number of benzene rings is 2. The smallest absolute Gasteiger partial charge is 0.263 e. The van der Waals surface area contributed by atoms with Crippen molar-refractivity contribution in [2.75, 3.05) is 7.11 Å². The van der Waals surface area contributed by atoms with E-state index in [0.29, 0.717) is 23.1 Å². The van der Waals surface area contributed by atoms with Crippen LogP contribution in [-0.4, -0.2) is 16.8 Å². The first-order valence-electron chi connectivity index (χ1n) is 8.75.